The number of nitrogens with two attached hydrogens (primary N) is 1. The van der Waals surface area contributed by atoms with Crippen molar-refractivity contribution >= 4 is 22.5 Å². The quantitative estimate of drug-likeness (QED) is 0.772. The lowest BCUT2D eigenvalue weighted by Gasteiger charge is -2.15. The summed E-state index contributed by atoms with van der Waals surface area (Å²) in [5, 5.41) is 7.51. The number of aromatic nitrogens is 4. The van der Waals surface area contributed by atoms with E-state index in [0.717, 1.165) is 5.69 Å². The van der Waals surface area contributed by atoms with Gasteiger partial charge in [0.2, 0.25) is 0 Å². The van der Waals surface area contributed by atoms with E-state index in [1.165, 1.54) is 4.57 Å². The van der Waals surface area contributed by atoms with Crippen LogP contribution in [0.2, 0.25) is 5.02 Å². The minimum absolute atomic E-state index is 0.201. The normalized spacial score (nSPS) is 12.7. The van der Waals surface area contributed by atoms with Crippen LogP contribution in [0.4, 0.5) is 0 Å². The Morgan fingerprint density at radius 3 is 2.90 bits per heavy atom. The Balaban J connectivity index is 2.29. The van der Waals surface area contributed by atoms with Crippen molar-refractivity contribution < 1.29 is 0 Å². The molecule has 0 bridgehead atoms. The molecule has 0 amide bonds. The summed E-state index contributed by atoms with van der Waals surface area (Å²) in [5.74, 6) is 0.518. The summed E-state index contributed by atoms with van der Waals surface area (Å²) in [5.41, 5.74) is 7.11. The average molecular weight is 304 g/mol. The maximum atomic E-state index is 12.7. The minimum atomic E-state index is -0.371. The summed E-state index contributed by atoms with van der Waals surface area (Å²) >= 11 is 6.14. The third-order valence-electron chi connectivity index (χ3n) is 3.26. The molecule has 0 aliphatic rings. The minimum Gasteiger partial charge on any atom is -0.322 e. The van der Waals surface area contributed by atoms with Crippen molar-refractivity contribution in [2.45, 2.75) is 19.5 Å². The van der Waals surface area contributed by atoms with E-state index in [1.807, 2.05) is 0 Å². The number of rotatable bonds is 3. The Morgan fingerprint density at radius 1 is 1.43 bits per heavy atom. The van der Waals surface area contributed by atoms with Crippen LogP contribution in [0.25, 0.3) is 10.9 Å². The molecule has 21 heavy (non-hydrogen) atoms. The number of H-pyrrole nitrogens is 1. The van der Waals surface area contributed by atoms with Gasteiger partial charge in [0.25, 0.3) is 5.56 Å². The summed E-state index contributed by atoms with van der Waals surface area (Å²) < 4.78 is 1.53. The van der Waals surface area contributed by atoms with Gasteiger partial charge in [-0.25, -0.2) is 4.98 Å². The fourth-order valence-corrected chi connectivity index (χ4v) is 2.53. The zero-order chi connectivity index (χ0) is 15.0. The van der Waals surface area contributed by atoms with Crippen LogP contribution in [0, 0.1) is 0 Å². The smallest absolute Gasteiger partial charge is 0.263 e. The first kappa shape index (κ1) is 13.8. The van der Waals surface area contributed by atoms with Gasteiger partial charge in [-0.05, 0) is 25.1 Å². The second-order valence-corrected chi connectivity index (χ2v) is 5.27. The molecule has 6 nitrogen and oxygen atoms in total. The van der Waals surface area contributed by atoms with Gasteiger partial charge in [0.05, 0.1) is 34.2 Å². The fourth-order valence-electron chi connectivity index (χ4n) is 2.28. The van der Waals surface area contributed by atoms with Crippen molar-refractivity contribution in [3.63, 3.8) is 0 Å². The number of nitrogens with zero attached hydrogens (tertiary/aromatic N) is 3. The molecular weight excluding hydrogens is 290 g/mol. The van der Waals surface area contributed by atoms with Gasteiger partial charge < -0.3 is 5.73 Å². The van der Waals surface area contributed by atoms with Crippen molar-refractivity contribution in [1.29, 1.82) is 0 Å². The molecule has 0 saturated carbocycles. The van der Waals surface area contributed by atoms with E-state index in [0.29, 0.717) is 28.3 Å². The van der Waals surface area contributed by atoms with Crippen LogP contribution in [-0.4, -0.2) is 19.7 Å². The van der Waals surface area contributed by atoms with Gasteiger partial charge in [-0.1, -0.05) is 17.7 Å². The van der Waals surface area contributed by atoms with E-state index in [2.05, 4.69) is 15.2 Å². The zero-order valence-corrected chi connectivity index (χ0v) is 12.1. The lowest BCUT2D eigenvalue weighted by atomic mass is 10.2. The lowest BCUT2D eigenvalue weighted by molar-refractivity contribution is 0.612. The van der Waals surface area contributed by atoms with E-state index in [4.69, 9.17) is 17.3 Å². The maximum Gasteiger partial charge on any atom is 0.263 e. The fraction of sp³-hybridized carbons (Fsp3) is 0.214. The summed E-state index contributed by atoms with van der Waals surface area (Å²) in [7, 11) is 0. The van der Waals surface area contributed by atoms with Crippen molar-refractivity contribution in [1.82, 2.24) is 19.7 Å². The van der Waals surface area contributed by atoms with Crippen molar-refractivity contribution in [3.8, 4) is 0 Å². The number of nitrogens with one attached hydrogen (secondary N) is 1. The van der Waals surface area contributed by atoms with E-state index < -0.39 is 0 Å². The second-order valence-electron chi connectivity index (χ2n) is 4.87. The van der Waals surface area contributed by atoms with Crippen LogP contribution >= 0.6 is 11.6 Å². The summed E-state index contributed by atoms with van der Waals surface area (Å²) in [4.78, 5) is 17.2. The first-order valence-corrected chi connectivity index (χ1v) is 6.88. The Kier molecular flexibility index (Phi) is 3.48. The molecule has 3 N–H and O–H groups in total. The average Bonchev–Trinajstić information content (AvgIpc) is 2.94. The Morgan fingerprint density at radius 2 is 2.24 bits per heavy atom. The van der Waals surface area contributed by atoms with Gasteiger partial charge in [0.1, 0.15) is 5.82 Å². The molecule has 0 aliphatic carbocycles. The number of halogens is 1. The Hall–Kier alpha value is -2.18. The van der Waals surface area contributed by atoms with Crippen molar-refractivity contribution in [2.24, 2.45) is 5.73 Å². The molecule has 2 aromatic heterocycles. The third-order valence-corrected chi connectivity index (χ3v) is 3.57. The highest BCUT2D eigenvalue weighted by molar-refractivity contribution is 6.35. The van der Waals surface area contributed by atoms with Crippen molar-refractivity contribution in [2.75, 3.05) is 0 Å². The van der Waals surface area contributed by atoms with Gasteiger partial charge in [-0.2, -0.15) is 5.10 Å². The summed E-state index contributed by atoms with van der Waals surface area (Å²) in [6.07, 6.45) is 1.63. The molecule has 0 fully saturated rings. The Labute approximate surface area is 125 Å². The molecule has 108 valence electrons. The molecule has 1 aromatic carbocycles. The number of fused-ring (bicyclic) bond motifs is 1. The van der Waals surface area contributed by atoms with E-state index in [-0.39, 0.29) is 11.6 Å². The standard InChI is InChI=1S/C14H14ClN5O/c1-8(16)13-18-11-4-2-3-10(15)12(11)14(21)20(13)7-9-5-6-17-19-9/h2-6,8H,7,16H2,1H3,(H,17,19)/t8-/m0/s1. The van der Waals surface area contributed by atoms with Crippen molar-refractivity contribution in [3.05, 3.63) is 57.4 Å². The monoisotopic (exact) mass is 303 g/mol. The molecule has 0 aliphatic heterocycles. The second kappa shape index (κ2) is 5.31. The van der Waals surface area contributed by atoms with Crippen LogP contribution in [0.1, 0.15) is 24.5 Å². The molecule has 7 heteroatoms. The topological polar surface area (TPSA) is 89.6 Å². The molecule has 3 rings (SSSR count). The van der Waals surface area contributed by atoms with Crippen LogP contribution in [-0.2, 0) is 6.54 Å². The summed E-state index contributed by atoms with van der Waals surface area (Å²) in [6, 6.07) is 6.63. The number of hydrogen-bond donors (Lipinski definition) is 2. The molecule has 2 heterocycles. The SMILES string of the molecule is C[C@H](N)c1nc2cccc(Cl)c2c(=O)n1Cc1ccn[nH]1. The number of hydrogen-bond acceptors (Lipinski definition) is 4. The van der Waals surface area contributed by atoms with E-state index >= 15 is 0 Å². The van der Waals surface area contributed by atoms with Crippen LogP contribution in [0.3, 0.4) is 0 Å². The van der Waals surface area contributed by atoms with Crippen LogP contribution < -0.4 is 11.3 Å². The Bertz CT molecular complexity index is 838. The van der Waals surface area contributed by atoms with E-state index in [9.17, 15) is 4.79 Å². The third kappa shape index (κ3) is 2.43. The molecule has 1 atom stereocenters. The zero-order valence-electron chi connectivity index (χ0n) is 11.4. The molecule has 3 aromatic rings. The van der Waals surface area contributed by atoms with Crippen LogP contribution in [0.5, 0.6) is 0 Å². The molecule has 0 spiro atoms. The number of benzene rings is 1. The predicted molar refractivity (Wildman–Crippen MR) is 81.3 cm³/mol. The van der Waals surface area contributed by atoms with Gasteiger partial charge in [-0.3, -0.25) is 14.5 Å². The first-order valence-electron chi connectivity index (χ1n) is 6.50. The largest absolute Gasteiger partial charge is 0.322 e. The highest BCUT2D eigenvalue weighted by Crippen LogP contribution is 2.20. The highest BCUT2D eigenvalue weighted by Gasteiger charge is 2.16. The van der Waals surface area contributed by atoms with Gasteiger partial charge in [0, 0.05) is 6.20 Å². The van der Waals surface area contributed by atoms with Gasteiger partial charge in [0.15, 0.2) is 0 Å². The van der Waals surface area contributed by atoms with E-state index in [1.54, 1.807) is 37.4 Å². The van der Waals surface area contributed by atoms with Gasteiger partial charge in [-0.15, -0.1) is 0 Å². The van der Waals surface area contributed by atoms with Crippen LogP contribution in [0.15, 0.2) is 35.3 Å². The predicted octanol–water partition coefficient (Wildman–Crippen LogP) is 1.84. The lowest BCUT2D eigenvalue weighted by Crippen LogP contribution is -2.29. The molecular formula is C14H14ClN5O. The highest BCUT2D eigenvalue weighted by atomic mass is 35.5. The maximum absolute atomic E-state index is 12.7. The summed E-state index contributed by atoms with van der Waals surface area (Å²) in [6.45, 7) is 2.12. The number of aromatic amines is 1. The molecule has 0 radical (unpaired) electrons. The van der Waals surface area contributed by atoms with Gasteiger partial charge >= 0.3 is 0 Å². The first-order chi connectivity index (χ1) is 10.1. The molecule has 0 saturated heterocycles. The molecule has 0 unspecified atom stereocenters.